The van der Waals surface area contributed by atoms with Crippen LogP contribution in [-0.2, 0) is 22.6 Å². The Morgan fingerprint density at radius 3 is 2.39 bits per heavy atom. The number of rotatable bonds is 8. The summed E-state index contributed by atoms with van der Waals surface area (Å²) in [7, 11) is 0. The first-order chi connectivity index (χ1) is 13.6. The zero-order chi connectivity index (χ0) is 19.8. The molecule has 2 aromatic rings. The van der Waals surface area contributed by atoms with E-state index < -0.39 is 6.10 Å². The predicted octanol–water partition coefficient (Wildman–Crippen LogP) is 3.65. The monoisotopic (exact) mass is 402 g/mol. The number of nitrogens with zero attached hydrogens (tertiary/aromatic N) is 1. The van der Waals surface area contributed by atoms with Gasteiger partial charge in [-0.25, -0.2) is 0 Å². The topological polar surface area (TPSA) is 50.8 Å². The predicted molar refractivity (Wildman–Crippen MR) is 111 cm³/mol. The third kappa shape index (κ3) is 6.23. The lowest BCUT2D eigenvalue weighted by Crippen LogP contribution is -2.37. The lowest BCUT2D eigenvalue weighted by Gasteiger charge is -2.26. The average molecular weight is 403 g/mol. The molecule has 1 amide bonds. The molecule has 1 aliphatic heterocycles. The van der Waals surface area contributed by atoms with E-state index in [0.29, 0.717) is 23.7 Å². The van der Waals surface area contributed by atoms with Gasteiger partial charge in [-0.2, -0.15) is 0 Å². The van der Waals surface area contributed by atoms with Crippen LogP contribution in [0, 0.1) is 0 Å². The Balaban J connectivity index is 1.47. The maximum atomic E-state index is 12.5. The first-order valence-electron chi connectivity index (χ1n) is 9.72. The zero-order valence-electron chi connectivity index (χ0n) is 16.2. The number of hydrogen-bond acceptors (Lipinski definition) is 4. The molecular weight excluding hydrogens is 376 g/mol. The van der Waals surface area contributed by atoms with Gasteiger partial charge in [-0.15, -0.1) is 0 Å². The third-order valence-corrected chi connectivity index (χ3v) is 5.01. The van der Waals surface area contributed by atoms with Gasteiger partial charge in [0.25, 0.3) is 5.91 Å². The molecule has 1 heterocycles. The van der Waals surface area contributed by atoms with Gasteiger partial charge in [0, 0.05) is 31.2 Å². The van der Waals surface area contributed by atoms with Crippen molar-refractivity contribution in [3.63, 3.8) is 0 Å². The molecule has 1 saturated heterocycles. The maximum absolute atomic E-state index is 12.5. The van der Waals surface area contributed by atoms with Gasteiger partial charge in [0.05, 0.1) is 13.2 Å². The summed E-state index contributed by atoms with van der Waals surface area (Å²) >= 11 is 5.88. The van der Waals surface area contributed by atoms with E-state index in [1.165, 1.54) is 5.56 Å². The Labute approximate surface area is 171 Å². The Morgan fingerprint density at radius 2 is 1.75 bits per heavy atom. The van der Waals surface area contributed by atoms with Gasteiger partial charge < -0.3 is 14.8 Å². The molecule has 0 spiro atoms. The van der Waals surface area contributed by atoms with Crippen LogP contribution in [0.2, 0.25) is 5.02 Å². The SMILES string of the molecule is CC[C@H](Oc1ccc(Cl)cc1)C(=O)NCc1ccc(CN2CCOCC2)cc1. The molecule has 2 aromatic carbocycles. The Kier molecular flexibility index (Phi) is 7.71. The van der Waals surface area contributed by atoms with Crippen LogP contribution in [0.15, 0.2) is 48.5 Å². The molecular formula is C22H27ClN2O3. The van der Waals surface area contributed by atoms with Crippen LogP contribution in [0.1, 0.15) is 24.5 Å². The normalized spacial score (nSPS) is 15.8. The number of hydrogen-bond donors (Lipinski definition) is 1. The van der Waals surface area contributed by atoms with Crippen LogP contribution >= 0.6 is 11.6 Å². The first-order valence-corrected chi connectivity index (χ1v) is 10.1. The van der Waals surface area contributed by atoms with Crippen molar-refractivity contribution in [2.24, 2.45) is 0 Å². The summed E-state index contributed by atoms with van der Waals surface area (Å²) in [6.45, 7) is 6.91. The van der Waals surface area contributed by atoms with Crippen LogP contribution in [0.3, 0.4) is 0 Å². The molecule has 6 heteroatoms. The summed E-state index contributed by atoms with van der Waals surface area (Å²) in [5.74, 6) is 0.522. The van der Waals surface area contributed by atoms with Crippen LogP contribution in [0.4, 0.5) is 0 Å². The first kappa shape index (κ1) is 20.6. The third-order valence-electron chi connectivity index (χ3n) is 4.75. The molecule has 1 fully saturated rings. The van der Waals surface area contributed by atoms with Crippen LogP contribution in [0.25, 0.3) is 0 Å². The minimum atomic E-state index is -0.526. The maximum Gasteiger partial charge on any atom is 0.261 e. The second-order valence-corrected chi connectivity index (χ2v) is 7.33. The van der Waals surface area contributed by atoms with Gasteiger partial charge in [0.15, 0.2) is 6.10 Å². The lowest BCUT2D eigenvalue weighted by molar-refractivity contribution is -0.128. The van der Waals surface area contributed by atoms with Crippen molar-refractivity contribution in [1.82, 2.24) is 10.2 Å². The summed E-state index contributed by atoms with van der Waals surface area (Å²) in [5, 5.41) is 3.61. The molecule has 0 aliphatic carbocycles. The minimum absolute atomic E-state index is 0.116. The van der Waals surface area contributed by atoms with Gasteiger partial charge >= 0.3 is 0 Å². The van der Waals surface area contributed by atoms with Crippen LogP contribution in [-0.4, -0.2) is 43.2 Å². The minimum Gasteiger partial charge on any atom is -0.481 e. The number of halogens is 1. The van der Waals surface area contributed by atoms with Crippen LogP contribution < -0.4 is 10.1 Å². The van der Waals surface area contributed by atoms with Crippen molar-refractivity contribution < 1.29 is 14.3 Å². The number of carbonyl (C=O) groups is 1. The Bertz CT molecular complexity index is 743. The molecule has 150 valence electrons. The molecule has 1 aliphatic rings. The van der Waals surface area contributed by atoms with Gasteiger partial charge in [0.1, 0.15) is 5.75 Å². The van der Waals surface area contributed by atoms with E-state index in [-0.39, 0.29) is 5.91 Å². The van der Waals surface area contributed by atoms with Crippen molar-refractivity contribution in [3.05, 3.63) is 64.7 Å². The average Bonchev–Trinajstić information content (AvgIpc) is 2.73. The van der Waals surface area contributed by atoms with E-state index in [1.54, 1.807) is 24.3 Å². The van der Waals surface area contributed by atoms with Gasteiger partial charge in [0.2, 0.25) is 0 Å². The van der Waals surface area contributed by atoms with E-state index >= 15 is 0 Å². The molecule has 5 nitrogen and oxygen atoms in total. The van der Waals surface area contributed by atoms with E-state index in [0.717, 1.165) is 38.4 Å². The summed E-state index contributed by atoms with van der Waals surface area (Å²) in [5.41, 5.74) is 2.34. The summed E-state index contributed by atoms with van der Waals surface area (Å²) in [4.78, 5) is 14.9. The molecule has 3 rings (SSSR count). The quantitative estimate of drug-likeness (QED) is 0.732. The number of benzene rings is 2. The molecule has 0 bridgehead atoms. The zero-order valence-corrected chi connectivity index (χ0v) is 17.0. The van der Waals surface area contributed by atoms with Crippen molar-refractivity contribution in [1.29, 1.82) is 0 Å². The highest BCUT2D eigenvalue weighted by atomic mass is 35.5. The number of ether oxygens (including phenoxy) is 2. The standard InChI is InChI=1S/C22H27ClN2O3/c1-2-21(28-20-9-7-19(23)8-10-20)22(26)24-15-17-3-5-18(6-4-17)16-25-11-13-27-14-12-25/h3-10,21H,2,11-16H2,1H3,(H,24,26)/t21-/m0/s1. The van der Waals surface area contributed by atoms with Gasteiger partial charge in [-0.3, -0.25) is 9.69 Å². The molecule has 0 saturated carbocycles. The van der Waals surface area contributed by atoms with E-state index in [1.807, 2.05) is 6.92 Å². The molecule has 1 N–H and O–H groups in total. The Hall–Kier alpha value is -2.08. The molecule has 28 heavy (non-hydrogen) atoms. The van der Waals surface area contributed by atoms with E-state index in [9.17, 15) is 4.79 Å². The number of morpholine rings is 1. The van der Waals surface area contributed by atoms with Crippen LogP contribution in [0.5, 0.6) is 5.75 Å². The van der Waals surface area contributed by atoms with Gasteiger partial charge in [-0.05, 0) is 41.8 Å². The summed E-state index contributed by atoms with van der Waals surface area (Å²) < 4.78 is 11.2. The fourth-order valence-corrected chi connectivity index (χ4v) is 3.21. The number of amides is 1. The van der Waals surface area contributed by atoms with E-state index in [2.05, 4.69) is 34.5 Å². The largest absolute Gasteiger partial charge is 0.481 e. The van der Waals surface area contributed by atoms with Crippen molar-refractivity contribution in [3.8, 4) is 5.75 Å². The fourth-order valence-electron chi connectivity index (χ4n) is 3.08. The van der Waals surface area contributed by atoms with Crippen molar-refractivity contribution >= 4 is 17.5 Å². The van der Waals surface area contributed by atoms with Crippen molar-refractivity contribution in [2.75, 3.05) is 26.3 Å². The fraction of sp³-hybridized carbons (Fsp3) is 0.409. The molecule has 0 aromatic heterocycles. The van der Waals surface area contributed by atoms with Gasteiger partial charge in [-0.1, -0.05) is 42.8 Å². The van der Waals surface area contributed by atoms with E-state index in [4.69, 9.17) is 21.1 Å². The molecule has 1 atom stereocenters. The Morgan fingerprint density at radius 1 is 1.11 bits per heavy atom. The second-order valence-electron chi connectivity index (χ2n) is 6.89. The summed E-state index contributed by atoms with van der Waals surface area (Å²) in [6.07, 6.45) is 0.0641. The molecule has 0 radical (unpaired) electrons. The highest BCUT2D eigenvalue weighted by molar-refractivity contribution is 6.30. The number of carbonyl (C=O) groups excluding carboxylic acids is 1. The second kappa shape index (κ2) is 10.5. The highest BCUT2D eigenvalue weighted by Crippen LogP contribution is 2.18. The number of nitrogens with one attached hydrogen (secondary N) is 1. The summed E-state index contributed by atoms with van der Waals surface area (Å²) in [6, 6.07) is 15.4. The van der Waals surface area contributed by atoms with Crippen molar-refractivity contribution in [2.45, 2.75) is 32.5 Å². The lowest BCUT2D eigenvalue weighted by atomic mass is 10.1. The molecule has 0 unspecified atom stereocenters. The smallest absolute Gasteiger partial charge is 0.261 e. The highest BCUT2D eigenvalue weighted by Gasteiger charge is 2.18.